The number of rotatable bonds is 6. The van der Waals surface area contributed by atoms with Gasteiger partial charge < -0.3 is 20.5 Å². The lowest BCUT2D eigenvalue weighted by Gasteiger charge is -2.10. The summed E-state index contributed by atoms with van der Waals surface area (Å²) in [7, 11) is 3.17. The smallest absolute Gasteiger partial charge is 0.224 e. The molecule has 0 saturated carbocycles. The minimum atomic E-state index is -0.159. The lowest BCUT2D eigenvalue weighted by molar-refractivity contribution is -0.116. The second-order valence-electron chi connectivity index (χ2n) is 5.12. The normalized spacial score (nSPS) is 10.3. The highest BCUT2D eigenvalue weighted by atomic mass is 35.5. The van der Waals surface area contributed by atoms with Crippen LogP contribution in [0.5, 0.6) is 11.5 Å². The van der Waals surface area contributed by atoms with Crippen molar-refractivity contribution in [1.29, 1.82) is 0 Å². The highest BCUT2D eigenvalue weighted by Crippen LogP contribution is 2.31. The summed E-state index contributed by atoms with van der Waals surface area (Å²) in [6.45, 7) is 0. The van der Waals surface area contributed by atoms with Crippen molar-refractivity contribution >= 4 is 40.5 Å². The van der Waals surface area contributed by atoms with E-state index in [4.69, 9.17) is 38.4 Å². The zero-order valence-corrected chi connectivity index (χ0v) is 14.9. The molecule has 0 aromatic heterocycles. The van der Waals surface area contributed by atoms with E-state index in [0.717, 1.165) is 5.56 Å². The summed E-state index contributed by atoms with van der Waals surface area (Å²) >= 11 is 11.9. The summed E-state index contributed by atoms with van der Waals surface area (Å²) in [4.78, 5) is 12.1. The van der Waals surface area contributed by atoms with E-state index >= 15 is 0 Å². The number of nitrogens with one attached hydrogen (secondary N) is 1. The van der Waals surface area contributed by atoms with Gasteiger partial charge in [-0.25, -0.2) is 0 Å². The Morgan fingerprint density at radius 1 is 1.04 bits per heavy atom. The van der Waals surface area contributed by atoms with Crippen LogP contribution in [0.1, 0.15) is 12.0 Å². The Morgan fingerprint density at radius 2 is 1.58 bits per heavy atom. The number of methoxy groups -OCH3 is 2. The molecule has 0 aliphatic carbocycles. The summed E-state index contributed by atoms with van der Waals surface area (Å²) in [5.74, 6) is 1.21. The van der Waals surface area contributed by atoms with Gasteiger partial charge >= 0.3 is 0 Å². The fraction of sp³-hybridized carbons (Fsp3) is 0.235. The van der Waals surface area contributed by atoms with Crippen molar-refractivity contribution in [3.63, 3.8) is 0 Å². The fourth-order valence-corrected chi connectivity index (χ4v) is 2.64. The molecule has 128 valence electrons. The number of hydrogen-bond acceptors (Lipinski definition) is 4. The maximum atomic E-state index is 12.1. The van der Waals surface area contributed by atoms with Crippen molar-refractivity contribution in [1.82, 2.24) is 0 Å². The maximum Gasteiger partial charge on any atom is 0.224 e. The molecule has 2 aromatic rings. The topological polar surface area (TPSA) is 73.6 Å². The summed E-state index contributed by atoms with van der Waals surface area (Å²) in [6, 6.07) is 8.64. The lowest BCUT2D eigenvalue weighted by Crippen LogP contribution is -2.12. The number of carbonyl (C=O) groups excluding carboxylic acids is 1. The summed E-state index contributed by atoms with van der Waals surface area (Å²) in [6.07, 6.45) is 0.825. The minimum absolute atomic E-state index is 0.159. The van der Waals surface area contributed by atoms with Crippen LogP contribution in [0, 0.1) is 0 Å². The zero-order valence-electron chi connectivity index (χ0n) is 13.4. The van der Waals surface area contributed by atoms with E-state index in [2.05, 4.69) is 5.32 Å². The lowest BCUT2D eigenvalue weighted by atomic mass is 10.1. The van der Waals surface area contributed by atoms with Gasteiger partial charge in [-0.1, -0.05) is 23.2 Å². The van der Waals surface area contributed by atoms with E-state index in [-0.39, 0.29) is 12.3 Å². The maximum absolute atomic E-state index is 12.1. The second-order valence-corrected chi connectivity index (χ2v) is 5.94. The molecule has 0 atom stereocenters. The SMILES string of the molecule is COc1cc(CCC(=O)Nc2cc(Cl)c(N)c(Cl)c2)cc(OC)c1. The molecule has 0 radical (unpaired) electrons. The predicted molar refractivity (Wildman–Crippen MR) is 97.4 cm³/mol. The third-order valence-corrected chi connectivity index (χ3v) is 4.04. The first kappa shape index (κ1) is 18.2. The van der Waals surface area contributed by atoms with E-state index in [0.29, 0.717) is 39.3 Å². The fourth-order valence-electron chi connectivity index (χ4n) is 2.15. The molecule has 2 rings (SSSR count). The van der Waals surface area contributed by atoms with Gasteiger partial charge in [0, 0.05) is 18.2 Å². The van der Waals surface area contributed by atoms with E-state index in [1.54, 1.807) is 32.4 Å². The van der Waals surface area contributed by atoms with E-state index in [1.165, 1.54) is 0 Å². The number of nitrogens with two attached hydrogens (primary N) is 1. The minimum Gasteiger partial charge on any atom is -0.497 e. The first-order chi connectivity index (χ1) is 11.4. The van der Waals surface area contributed by atoms with Gasteiger partial charge in [-0.15, -0.1) is 0 Å². The van der Waals surface area contributed by atoms with Crippen LogP contribution in [0.4, 0.5) is 11.4 Å². The highest BCUT2D eigenvalue weighted by Gasteiger charge is 2.09. The molecule has 0 aliphatic rings. The molecule has 0 heterocycles. The van der Waals surface area contributed by atoms with Crippen molar-refractivity contribution in [3.05, 3.63) is 45.9 Å². The third-order valence-electron chi connectivity index (χ3n) is 3.41. The van der Waals surface area contributed by atoms with Crippen LogP contribution in [-0.2, 0) is 11.2 Å². The molecule has 0 fully saturated rings. The molecule has 24 heavy (non-hydrogen) atoms. The molecular weight excluding hydrogens is 351 g/mol. The number of anilines is 2. The van der Waals surface area contributed by atoms with Gasteiger partial charge in [0.2, 0.25) is 5.91 Å². The Morgan fingerprint density at radius 3 is 2.08 bits per heavy atom. The second kappa shape index (κ2) is 8.13. The Kier molecular flexibility index (Phi) is 6.17. The van der Waals surface area contributed by atoms with Gasteiger partial charge in [-0.2, -0.15) is 0 Å². The molecular formula is C17H18Cl2N2O3. The number of ether oxygens (including phenoxy) is 2. The van der Waals surface area contributed by atoms with Crippen LogP contribution in [0.3, 0.4) is 0 Å². The summed E-state index contributed by atoms with van der Waals surface area (Å²) < 4.78 is 10.4. The molecule has 0 bridgehead atoms. The first-order valence-electron chi connectivity index (χ1n) is 7.19. The Hall–Kier alpha value is -2.11. The number of aryl methyl sites for hydroxylation is 1. The average Bonchev–Trinajstić information content (AvgIpc) is 2.57. The third kappa shape index (κ3) is 4.69. The number of halogens is 2. The van der Waals surface area contributed by atoms with Gasteiger partial charge in [-0.3, -0.25) is 4.79 Å². The molecule has 0 spiro atoms. The van der Waals surface area contributed by atoms with Crippen molar-refractivity contribution in [2.24, 2.45) is 0 Å². The monoisotopic (exact) mass is 368 g/mol. The number of carbonyl (C=O) groups is 1. The largest absolute Gasteiger partial charge is 0.497 e. The van der Waals surface area contributed by atoms with Crippen LogP contribution in [0.25, 0.3) is 0 Å². The van der Waals surface area contributed by atoms with Gasteiger partial charge in [0.25, 0.3) is 0 Å². The van der Waals surface area contributed by atoms with Gasteiger partial charge in [0.05, 0.1) is 30.0 Å². The average molecular weight is 369 g/mol. The molecule has 1 amide bonds. The van der Waals surface area contributed by atoms with Crippen LogP contribution < -0.4 is 20.5 Å². The standard InChI is InChI=1S/C17H18Cl2N2O3/c1-23-12-5-10(6-13(9-12)24-2)3-4-16(22)21-11-7-14(18)17(20)15(19)8-11/h5-9H,3-4,20H2,1-2H3,(H,21,22). The number of hydrogen-bond donors (Lipinski definition) is 2. The van der Waals surface area contributed by atoms with Crippen molar-refractivity contribution < 1.29 is 14.3 Å². The van der Waals surface area contributed by atoms with Crippen LogP contribution in [-0.4, -0.2) is 20.1 Å². The highest BCUT2D eigenvalue weighted by molar-refractivity contribution is 6.39. The van der Waals surface area contributed by atoms with Gasteiger partial charge in [-0.05, 0) is 36.2 Å². The quantitative estimate of drug-likeness (QED) is 0.750. The molecule has 7 heteroatoms. The molecule has 3 N–H and O–H groups in total. The van der Waals surface area contributed by atoms with Gasteiger partial charge in [0.1, 0.15) is 11.5 Å². The van der Waals surface area contributed by atoms with Crippen LogP contribution >= 0.6 is 23.2 Å². The van der Waals surface area contributed by atoms with Gasteiger partial charge in [0.15, 0.2) is 0 Å². The van der Waals surface area contributed by atoms with Crippen molar-refractivity contribution in [2.75, 3.05) is 25.3 Å². The number of nitrogen functional groups attached to an aromatic ring is 1. The van der Waals surface area contributed by atoms with Crippen molar-refractivity contribution in [2.45, 2.75) is 12.8 Å². The number of benzene rings is 2. The summed E-state index contributed by atoms with van der Waals surface area (Å²) in [5.41, 5.74) is 7.41. The molecule has 5 nitrogen and oxygen atoms in total. The first-order valence-corrected chi connectivity index (χ1v) is 7.95. The molecule has 0 unspecified atom stereocenters. The molecule has 0 saturated heterocycles. The summed E-state index contributed by atoms with van der Waals surface area (Å²) in [5, 5.41) is 3.35. The van der Waals surface area contributed by atoms with E-state index in [1.807, 2.05) is 12.1 Å². The Balaban J connectivity index is 2.01. The van der Waals surface area contributed by atoms with E-state index in [9.17, 15) is 4.79 Å². The Bertz CT molecular complexity index is 705. The van der Waals surface area contributed by atoms with Crippen LogP contribution in [0.15, 0.2) is 30.3 Å². The molecule has 2 aromatic carbocycles. The zero-order chi connectivity index (χ0) is 17.7. The van der Waals surface area contributed by atoms with Crippen molar-refractivity contribution in [3.8, 4) is 11.5 Å². The van der Waals surface area contributed by atoms with Crippen LogP contribution in [0.2, 0.25) is 10.0 Å². The van der Waals surface area contributed by atoms with E-state index < -0.39 is 0 Å². The Labute approximate surface area is 150 Å². The number of amides is 1. The predicted octanol–water partition coefficient (Wildman–Crippen LogP) is 4.16. The molecule has 0 aliphatic heterocycles.